The summed E-state index contributed by atoms with van der Waals surface area (Å²) < 4.78 is 0. The third kappa shape index (κ3) is 6.15. The summed E-state index contributed by atoms with van der Waals surface area (Å²) in [7, 11) is 1.36. The van der Waals surface area contributed by atoms with Crippen LogP contribution in [0.1, 0.15) is 33.2 Å². The van der Waals surface area contributed by atoms with Gasteiger partial charge in [0.05, 0.1) is 4.92 Å². The van der Waals surface area contributed by atoms with Gasteiger partial charge in [0.2, 0.25) is 11.6 Å². The number of hydroxylamine groups is 1. The maximum absolute atomic E-state index is 13.2. The van der Waals surface area contributed by atoms with Crippen molar-refractivity contribution in [3.63, 3.8) is 0 Å². The van der Waals surface area contributed by atoms with Crippen molar-refractivity contribution < 1.29 is 24.5 Å². The summed E-state index contributed by atoms with van der Waals surface area (Å²) in [5.41, 5.74) is 2.49. The molecule has 1 atom stereocenters. The molecule has 0 fully saturated rings. The predicted molar refractivity (Wildman–Crippen MR) is 124 cm³/mol. The fourth-order valence-electron chi connectivity index (χ4n) is 3.30. The molecule has 0 radical (unpaired) electrons. The normalized spacial score (nSPS) is 11.6. The number of H-pyrrole nitrogens is 1. The van der Waals surface area contributed by atoms with E-state index in [1.165, 1.54) is 18.6 Å². The first kappa shape index (κ1) is 24.8. The van der Waals surface area contributed by atoms with Crippen LogP contribution in [0.2, 0.25) is 0 Å². The standard InChI is InChI=1S/C23H22N6O6/c1-28(23(32)20-18(29(34)35)14-25-26-20)21(22(31)24-13-16-5-3-2-4-6-16)17-10-7-15(8-11-17)9-12-19(30)27-33/h2-12,14,21,33H,13H2,1H3,(H,24,31)(H,25,26)(H,27,30). The summed E-state index contributed by atoms with van der Waals surface area (Å²) in [6.45, 7) is 0.208. The number of rotatable bonds is 9. The van der Waals surface area contributed by atoms with Crippen LogP contribution in [-0.4, -0.2) is 50.0 Å². The number of aromatic nitrogens is 2. The molecule has 0 aliphatic carbocycles. The number of nitro groups is 1. The van der Waals surface area contributed by atoms with Gasteiger partial charge in [-0.3, -0.25) is 34.8 Å². The minimum atomic E-state index is -1.13. The highest BCUT2D eigenvalue weighted by Gasteiger charge is 2.33. The topological polar surface area (TPSA) is 171 Å². The van der Waals surface area contributed by atoms with Gasteiger partial charge in [0.25, 0.3) is 11.8 Å². The molecule has 0 bridgehead atoms. The molecule has 0 saturated heterocycles. The van der Waals surface area contributed by atoms with Gasteiger partial charge in [0.1, 0.15) is 12.2 Å². The van der Waals surface area contributed by atoms with E-state index >= 15 is 0 Å². The zero-order chi connectivity index (χ0) is 25.4. The van der Waals surface area contributed by atoms with Crippen molar-refractivity contribution in [1.29, 1.82) is 0 Å². The van der Waals surface area contributed by atoms with Crippen LogP contribution in [0, 0.1) is 10.1 Å². The molecule has 3 amide bonds. The summed E-state index contributed by atoms with van der Waals surface area (Å²) in [5.74, 6) is -2.01. The number of hydrogen-bond acceptors (Lipinski definition) is 7. The van der Waals surface area contributed by atoms with Crippen molar-refractivity contribution >= 4 is 29.5 Å². The summed E-state index contributed by atoms with van der Waals surface area (Å²) in [6, 6.07) is 14.5. The van der Waals surface area contributed by atoms with Crippen molar-refractivity contribution in [3.8, 4) is 0 Å². The first-order chi connectivity index (χ1) is 16.8. The van der Waals surface area contributed by atoms with E-state index in [2.05, 4.69) is 15.5 Å². The smallest absolute Gasteiger partial charge is 0.319 e. The van der Waals surface area contributed by atoms with Gasteiger partial charge in [-0.25, -0.2) is 5.48 Å². The molecule has 1 aromatic heterocycles. The highest BCUT2D eigenvalue weighted by atomic mass is 16.6. The fourth-order valence-corrected chi connectivity index (χ4v) is 3.30. The largest absolute Gasteiger partial charge is 0.350 e. The Morgan fingerprint density at radius 3 is 2.49 bits per heavy atom. The molecule has 12 nitrogen and oxygen atoms in total. The lowest BCUT2D eigenvalue weighted by atomic mass is 10.0. The molecule has 0 aliphatic rings. The second kappa shape index (κ2) is 11.3. The van der Waals surface area contributed by atoms with Crippen molar-refractivity contribution in [2.75, 3.05) is 7.05 Å². The summed E-state index contributed by atoms with van der Waals surface area (Å²) in [5, 5.41) is 28.5. The van der Waals surface area contributed by atoms with Gasteiger partial charge in [-0.1, -0.05) is 54.6 Å². The number of aromatic amines is 1. The van der Waals surface area contributed by atoms with E-state index in [1.807, 2.05) is 30.3 Å². The number of nitrogens with one attached hydrogen (secondary N) is 3. The van der Waals surface area contributed by atoms with Gasteiger partial charge >= 0.3 is 5.69 Å². The number of benzene rings is 2. The molecular weight excluding hydrogens is 456 g/mol. The van der Waals surface area contributed by atoms with Gasteiger partial charge in [-0.05, 0) is 22.8 Å². The highest BCUT2D eigenvalue weighted by molar-refractivity contribution is 5.99. The third-order valence-corrected chi connectivity index (χ3v) is 5.09. The number of likely N-dealkylation sites (N-methyl/N-ethyl adjacent to an activating group) is 1. The van der Waals surface area contributed by atoms with Crippen LogP contribution >= 0.6 is 0 Å². The number of amides is 3. The van der Waals surface area contributed by atoms with Gasteiger partial charge in [0, 0.05) is 19.7 Å². The number of hydrogen-bond donors (Lipinski definition) is 4. The van der Waals surface area contributed by atoms with Gasteiger partial charge < -0.3 is 10.2 Å². The van der Waals surface area contributed by atoms with Crippen molar-refractivity contribution in [3.05, 3.63) is 99.4 Å². The van der Waals surface area contributed by atoms with Crippen LogP contribution in [-0.2, 0) is 16.1 Å². The molecule has 0 aliphatic heterocycles. The van der Waals surface area contributed by atoms with E-state index in [0.29, 0.717) is 11.1 Å². The number of carbonyl (C=O) groups is 3. The summed E-state index contributed by atoms with van der Waals surface area (Å²) in [6.07, 6.45) is 3.49. The highest BCUT2D eigenvalue weighted by Crippen LogP contribution is 2.25. The Balaban J connectivity index is 1.90. The molecule has 3 rings (SSSR count). The molecule has 1 unspecified atom stereocenters. The Morgan fingerprint density at radius 2 is 1.86 bits per heavy atom. The second-order valence-electron chi connectivity index (χ2n) is 7.39. The molecule has 4 N–H and O–H groups in total. The molecule has 0 saturated carbocycles. The van der Waals surface area contributed by atoms with Crippen LogP contribution in [0.25, 0.3) is 6.08 Å². The Morgan fingerprint density at radius 1 is 1.17 bits per heavy atom. The quantitative estimate of drug-likeness (QED) is 0.158. The number of nitrogens with zero attached hydrogens (tertiary/aromatic N) is 3. The molecule has 2 aromatic carbocycles. The second-order valence-corrected chi connectivity index (χ2v) is 7.39. The average molecular weight is 478 g/mol. The Hall–Kier alpha value is -4.84. The lowest BCUT2D eigenvalue weighted by Crippen LogP contribution is -2.41. The Kier molecular flexibility index (Phi) is 8.03. The predicted octanol–water partition coefficient (Wildman–Crippen LogP) is 1.97. The average Bonchev–Trinajstić information content (AvgIpc) is 3.37. The van der Waals surface area contributed by atoms with Crippen LogP contribution in [0.15, 0.2) is 66.9 Å². The van der Waals surface area contributed by atoms with E-state index in [9.17, 15) is 24.5 Å². The monoisotopic (exact) mass is 478 g/mol. The maximum Gasteiger partial charge on any atom is 0.319 e. The molecule has 1 heterocycles. The first-order valence-corrected chi connectivity index (χ1v) is 10.3. The minimum Gasteiger partial charge on any atom is -0.350 e. The Bertz CT molecular complexity index is 1240. The van der Waals surface area contributed by atoms with Gasteiger partial charge in [0.15, 0.2) is 0 Å². The zero-order valence-corrected chi connectivity index (χ0v) is 18.5. The van der Waals surface area contributed by atoms with Crippen molar-refractivity contribution in [2.45, 2.75) is 12.6 Å². The third-order valence-electron chi connectivity index (χ3n) is 5.09. The maximum atomic E-state index is 13.2. The van der Waals surface area contributed by atoms with Crippen LogP contribution in [0.3, 0.4) is 0 Å². The first-order valence-electron chi connectivity index (χ1n) is 10.3. The fraction of sp³-hybridized carbons (Fsp3) is 0.130. The van der Waals surface area contributed by atoms with Crippen LogP contribution < -0.4 is 10.8 Å². The SMILES string of the molecule is CN(C(=O)c1[nH]ncc1[N+](=O)[O-])C(C(=O)NCc1ccccc1)c1ccc(C=CC(=O)NO)cc1. The van der Waals surface area contributed by atoms with E-state index < -0.39 is 34.4 Å². The lowest BCUT2D eigenvalue weighted by molar-refractivity contribution is -0.385. The van der Waals surface area contributed by atoms with Crippen molar-refractivity contribution in [2.24, 2.45) is 0 Å². The van der Waals surface area contributed by atoms with E-state index in [0.717, 1.165) is 22.7 Å². The van der Waals surface area contributed by atoms with E-state index in [-0.39, 0.29) is 12.2 Å². The van der Waals surface area contributed by atoms with Crippen molar-refractivity contribution in [1.82, 2.24) is 25.9 Å². The number of carbonyl (C=O) groups excluding carboxylic acids is 3. The summed E-state index contributed by atoms with van der Waals surface area (Å²) >= 11 is 0. The van der Waals surface area contributed by atoms with E-state index in [4.69, 9.17) is 5.21 Å². The van der Waals surface area contributed by atoms with Crippen LogP contribution in [0.5, 0.6) is 0 Å². The molecule has 35 heavy (non-hydrogen) atoms. The van der Waals surface area contributed by atoms with E-state index in [1.54, 1.807) is 24.3 Å². The van der Waals surface area contributed by atoms with Gasteiger partial charge in [-0.15, -0.1) is 0 Å². The van der Waals surface area contributed by atoms with Gasteiger partial charge in [-0.2, -0.15) is 5.10 Å². The lowest BCUT2D eigenvalue weighted by Gasteiger charge is -2.27. The zero-order valence-electron chi connectivity index (χ0n) is 18.5. The van der Waals surface area contributed by atoms with Crippen LogP contribution in [0.4, 0.5) is 5.69 Å². The Labute approximate surface area is 199 Å². The molecule has 3 aromatic rings. The molecular formula is C23H22N6O6. The molecule has 180 valence electrons. The summed E-state index contributed by atoms with van der Waals surface area (Å²) in [4.78, 5) is 49.1. The molecule has 0 spiro atoms. The minimum absolute atomic E-state index is 0.208. The molecule has 12 heteroatoms.